The molecule has 0 radical (unpaired) electrons. The summed E-state index contributed by atoms with van der Waals surface area (Å²) in [6.45, 7) is 1.88. The second-order valence-electron chi connectivity index (χ2n) is 4.54. The Labute approximate surface area is 129 Å². The lowest BCUT2D eigenvalue weighted by atomic mass is 10.1. The predicted octanol–water partition coefficient (Wildman–Crippen LogP) is 3.00. The highest BCUT2D eigenvalue weighted by Crippen LogP contribution is 2.15. The van der Waals surface area contributed by atoms with Crippen LogP contribution in [0, 0.1) is 18.3 Å². The topological polar surface area (TPSA) is 70.0 Å². The van der Waals surface area contributed by atoms with Crippen LogP contribution in [0.2, 0.25) is 5.02 Å². The first-order valence-corrected chi connectivity index (χ1v) is 8.03. The molecule has 0 atom stereocenters. The van der Waals surface area contributed by atoms with Gasteiger partial charge in [-0.2, -0.15) is 5.26 Å². The number of benzene rings is 2. The summed E-state index contributed by atoms with van der Waals surface area (Å²) >= 11 is 5.78. The van der Waals surface area contributed by atoms with E-state index in [1.54, 1.807) is 31.2 Å². The van der Waals surface area contributed by atoms with E-state index in [0.29, 0.717) is 16.1 Å². The molecule has 2 rings (SSSR count). The van der Waals surface area contributed by atoms with Crippen LogP contribution in [0.25, 0.3) is 0 Å². The molecule has 0 aliphatic heterocycles. The SMILES string of the molecule is Cc1cc(S(=O)(=O)NCc2ccc(Cl)cc2)ccc1C#N. The average molecular weight is 321 g/mol. The minimum Gasteiger partial charge on any atom is -0.207 e. The van der Waals surface area contributed by atoms with Gasteiger partial charge >= 0.3 is 0 Å². The highest BCUT2D eigenvalue weighted by molar-refractivity contribution is 7.89. The Morgan fingerprint density at radius 1 is 1.19 bits per heavy atom. The minimum absolute atomic E-state index is 0.146. The maximum Gasteiger partial charge on any atom is 0.240 e. The van der Waals surface area contributed by atoms with Gasteiger partial charge in [0.25, 0.3) is 0 Å². The van der Waals surface area contributed by atoms with Crippen molar-refractivity contribution in [2.24, 2.45) is 0 Å². The fourth-order valence-corrected chi connectivity index (χ4v) is 3.02. The van der Waals surface area contributed by atoms with E-state index in [0.717, 1.165) is 5.56 Å². The molecule has 2 aromatic rings. The zero-order valence-corrected chi connectivity index (χ0v) is 12.9. The second-order valence-corrected chi connectivity index (χ2v) is 6.74. The van der Waals surface area contributed by atoms with Gasteiger partial charge in [0.2, 0.25) is 10.0 Å². The lowest BCUT2D eigenvalue weighted by Crippen LogP contribution is -2.23. The molecule has 0 heterocycles. The van der Waals surface area contributed by atoms with Gasteiger partial charge in [0.15, 0.2) is 0 Å². The van der Waals surface area contributed by atoms with Crippen molar-refractivity contribution in [3.05, 3.63) is 64.2 Å². The number of rotatable bonds is 4. The summed E-state index contributed by atoms with van der Waals surface area (Å²) in [4.78, 5) is 0.146. The molecular weight excluding hydrogens is 308 g/mol. The second kappa shape index (κ2) is 6.27. The fraction of sp³-hybridized carbons (Fsp3) is 0.133. The lowest BCUT2D eigenvalue weighted by Gasteiger charge is -2.08. The molecule has 0 spiro atoms. The first-order chi connectivity index (χ1) is 9.92. The Morgan fingerprint density at radius 3 is 2.43 bits per heavy atom. The maximum absolute atomic E-state index is 12.2. The third-order valence-electron chi connectivity index (χ3n) is 3.01. The van der Waals surface area contributed by atoms with E-state index in [1.165, 1.54) is 18.2 Å². The Balaban J connectivity index is 2.17. The van der Waals surface area contributed by atoms with E-state index in [4.69, 9.17) is 16.9 Å². The molecule has 0 saturated carbocycles. The van der Waals surface area contributed by atoms with Gasteiger partial charge in [0.05, 0.1) is 16.5 Å². The summed E-state index contributed by atoms with van der Waals surface area (Å²) in [5, 5.41) is 9.46. The van der Waals surface area contributed by atoms with Crippen LogP contribution < -0.4 is 4.72 Å². The zero-order chi connectivity index (χ0) is 15.5. The molecule has 4 nitrogen and oxygen atoms in total. The highest BCUT2D eigenvalue weighted by atomic mass is 35.5. The summed E-state index contributed by atoms with van der Waals surface area (Å²) in [6, 6.07) is 13.4. The molecule has 6 heteroatoms. The fourth-order valence-electron chi connectivity index (χ4n) is 1.79. The summed E-state index contributed by atoms with van der Waals surface area (Å²) in [5.74, 6) is 0. The number of hydrogen-bond donors (Lipinski definition) is 1. The monoisotopic (exact) mass is 320 g/mol. The van der Waals surface area contributed by atoms with Crippen LogP contribution in [-0.4, -0.2) is 8.42 Å². The van der Waals surface area contributed by atoms with E-state index in [2.05, 4.69) is 4.72 Å². The molecule has 0 aliphatic carbocycles. The molecule has 0 bridgehead atoms. The summed E-state index contributed by atoms with van der Waals surface area (Å²) in [6.07, 6.45) is 0. The van der Waals surface area contributed by atoms with E-state index in [9.17, 15) is 8.42 Å². The number of halogens is 1. The first kappa shape index (κ1) is 15.5. The van der Waals surface area contributed by atoms with Gasteiger partial charge in [-0.3, -0.25) is 0 Å². The normalized spacial score (nSPS) is 11.1. The summed E-state index contributed by atoms with van der Waals surface area (Å²) < 4.78 is 26.9. The van der Waals surface area contributed by atoms with Crippen molar-refractivity contribution in [1.29, 1.82) is 5.26 Å². The third-order valence-corrected chi connectivity index (χ3v) is 4.66. The molecule has 1 N–H and O–H groups in total. The largest absolute Gasteiger partial charge is 0.240 e. The van der Waals surface area contributed by atoms with Crippen molar-refractivity contribution in [1.82, 2.24) is 4.72 Å². The van der Waals surface area contributed by atoms with Crippen LogP contribution in [0.5, 0.6) is 0 Å². The summed E-state index contributed by atoms with van der Waals surface area (Å²) in [5.41, 5.74) is 1.91. The number of aryl methyl sites for hydroxylation is 1. The molecule has 108 valence electrons. The van der Waals surface area contributed by atoms with E-state index in [1.807, 2.05) is 6.07 Å². The van der Waals surface area contributed by atoms with Crippen molar-refractivity contribution in [3.63, 3.8) is 0 Å². The van der Waals surface area contributed by atoms with Gasteiger partial charge in [0.1, 0.15) is 0 Å². The number of nitrogens with zero attached hydrogens (tertiary/aromatic N) is 1. The zero-order valence-electron chi connectivity index (χ0n) is 11.3. The number of hydrogen-bond acceptors (Lipinski definition) is 3. The van der Waals surface area contributed by atoms with E-state index < -0.39 is 10.0 Å². The van der Waals surface area contributed by atoms with Gasteiger partial charge in [-0.1, -0.05) is 23.7 Å². The van der Waals surface area contributed by atoms with Crippen molar-refractivity contribution < 1.29 is 8.42 Å². The van der Waals surface area contributed by atoms with Gasteiger partial charge in [-0.25, -0.2) is 13.1 Å². The number of nitrogens with one attached hydrogen (secondary N) is 1. The highest BCUT2D eigenvalue weighted by Gasteiger charge is 2.14. The van der Waals surface area contributed by atoms with Crippen LogP contribution in [-0.2, 0) is 16.6 Å². The first-order valence-electron chi connectivity index (χ1n) is 6.17. The third kappa shape index (κ3) is 3.82. The van der Waals surface area contributed by atoms with Gasteiger partial charge in [-0.15, -0.1) is 0 Å². The Bertz CT molecular complexity index is 793. The molecular formula is C15H13ClN2O2S. The molecule has 21 heavy (non-hydrogen) atoms. The van der Waals surface area contributed by atoms with Crippen LogP contribution in [0.3, 0.4) is 0 Å². The molecule has 0 aromatic heterocycles. The van der Waals surface area contributed by atoms with Crippen LogP contribution in [0.15, 0.2) is 47.4 Å². The quantitative estimate of drug-likeness (QED) is 0.941. The molecule has 0 amide bonds. The van der Waals surface area contributed by atoms with Crippen molar-refractivity contribution in [3.8, 4) is 6.07 Å². The number of sulfonamides is 1. The molecule has 2 aromatic carbocycles. The molecule has 0 saturated heterocycles. The average Bonchev–Trinajstić information content (AvgIpc) is 2.46. The van der Waals surface area contributed by atoms with Crippen LogP contribution in [0.1, 0.15) is 16.7 Å². The van der Waals surface area contributed by atoms with Gasteiger partial charge in [0, 0.05) is 11.6 Å². The van der Waals surface area contributed by atoms with E-state index >= 15 is 0 Å². The Hall–Kier alpha value is -1.87. The van der Waals surface area contributed by atoms with Gasteiger partial charge < -0.3 is 0 Å². The van der Waals surface area contributed by atoms with Gasteiger partial charge in [-0.05, 0) is 48.4 Å². The molecule has 0 aliphatic rings. The smallest absolute Gasteiger partial charge is 0.207 e. The predicted molar refractivity (Wildman–Crippen MR) is 81.4 cm³/mol. The summed E-state index contributed by atoms with van der Waals surface area (Å²) in [7, 11) is -3.61. The minimum atomic E-state index is -3.61. The van der Waals surface area contributed by atoms with Crippen molar-refractivity contribution in [2.45, 2.75) is 18.4 Å². The lowest BCUT2D eigenvalue weighted by molar-refractivity contribution is 0.581. The van der Waals surface area contributed by atoms with Crippen LogP contribution >= 0.6 is 11.6 Å². The molecule has 0 unspecified atom stereocenters. The Morgan fingerprint density at radius 2 is 1.86 bits per heavy atom. The number of nitriles is 1. The molecule has 0 fully saturated rings. The van der Waals surface area contributed by atoms with Crippen LogP contribution in [0.4, 0.5) is 0 Å². The van der Waals surface area contributed by atoms with Crippen molar-refractivity contribution in [2.75, 3.05) is 0 Å². The standard InChI is InChI=1S/C15H13ClN2O2S/c1-11-8-15(7-4-13(11)9-17)21(19,20)18-10-12-2-5-14(16)6-3-12/h2-8,18H,10H2,1H3. The Kier molecular flexibility index (Phi) is 4.63. The maximum atomic E-state index is 12.2. The van der Waals surface area contributed by atoms with E-state index in [-0.39, 0.29) is 11.4 Å². The van der Waals surface area contributed by atoms with Crippen molar-refractivity contribution >= 4 is 21.6 Å².